The summed E-state index contributed by atoms with van der Waals surface area (Å²) in [7, 11) is 0. The van der Waals surface area contributed by atoms with Crippen LogP contribution in [0.5, 0.6) is 0 Å². The van der Waals surface area contributed by atoms with Crippen molar-refractivity contribution in [2.45, 2.75) is 12.0 Å². The van der Waals surface area contributed by atoms with Crippen LogP contribution in [0.1, 0.15) is 16.7 Å². The highest BCUT2D eigenvalue weighted by atomic mass is 14.8. The highest BCUT2D eigenvalue weighted by Gasteiger charge is 2.38. The summed E-state index contributed by atoms with van der Waals surface area (Å²) in [5.41, 5.74) is 12.6. The van der Waals surface area contributed by atoms with Gasteiger partial charge in [0.25, 0.3) is 0 Å². The Labute approximate surface area is 125 Å². The molecule has 0 aromatic heterocycles. The molecule has 0 aliphatic heterocycles. The van der Waals surface area contributed by atoms with Crippen molar-refractivity contribution in [3.05, 3.63) is 101 Å². The van der Waals surface area contributed by atoms with Crippen molar-refractivity contribution in [2.24, 2.45) is 5.73 Å². The van der Waals surface area contributed by atoms with E-state index in [1.165, 1.54) is 27.8 Å². The molecule has 2 N–H and O–H groups in total. The van der Waals surface area contributed by atoms with Gasteiger partial charge in [-0.1, -0.05) is 72.8 Å². The molecule has 2 aliphatic carbocycles. The summed E-state index contributed by atoms with van der Waals surface area (Å²) in [5, 5.41) is 0. The molecular formula is C20H17N. The van der Waals surface area contributed by atoms with Crippen LogP contribution in [0.4, 0.5) is 0 Å². The molecule has 1 atom stereocenters. The summed E-state index contributed by atoms with van der Waals surface area (Å²) >= 11 is 0. The van der Waals surface area contributed by atoms with Gasteiger partial charge in [-0.2, -0.15) is 0 Å². The highest BCUT2D eigenvalue weighted by Crippen LogP contribution is 2.44. The lowest BCUT2D eigenvalue weighted by Crippen LogP contribution is -2.36. The van der Waals surface area contributed by atoms with Crippen LogP contribution in [-0.4, -0.2) is 0 Å². The van der Waals surface area contributed by atoms with Crippen LogP contribution in [0.25, 0.3) is 6.08 Å². The van der Waals surface area contributed by atoms with Gasteiger partial charge < -0.3 is 5.73 Å². The second kappa shape index (κ2) is 4.57. The van der Waals surface area contributed by atoms with E-state index in [0.717, 1.165) is 6.42 Å². The van der Waals surface area contributed by atoms with E-state index < -0.39 is 5.54 Å². The minimum Gasteiger partial charge on any atom is -0.314 e. The summed E-state index contributed by atoms with van der Waals surface area (Å²) < 4.78 is 0. The minimum absolute atomic E-state index is 0.463. The Balaban J connectivity index is 1.76. The average Bonchev–Trinajstić information content (AvgIpc) is 2.83. The Morgan fingerprint density at radius 2 is 1.67 bits per heavy atom. The van der Waals surface area contributed by atoms with Crippen LogP contribution in [0.2, 0.25) is 0 Å². The standard InChI is InChI=1S/C20H17N/c21-20-12-6-10-16(13-15-7-2-1-3-8-15)19(20)14-17-9-4-5-11-18(17)20/h1-12,14H,13,21H2. The fourth-order valence-corrected chi connectivity index (χ4v) is 3.33. The van der Waals surface area contributed by atoms with Crippen LogP contribution in [-0.2, 0) is 12.0 Å². The van der Waals surface area contributed by atoms with Crippen molar-refractivity contribution in [1.29, 1.82) is 0 Å². The fraction of sp³-hybridized carbons (Fsp3) is 0.100. The van der Waals surface area contributed by atoms with Crippen LogP contribution >= 0.6 is 0 Å². The molecule has 21 heavy (non-hydrogen) atoms. The van der Waals surface area contributed by atoms with Gasteiger partial charge in [-0.15, -0.1) is 0 Å². The Morgan fingerprint density at radius 3 is 2.52 bits per heavy atom. The smallest absolute Gasteiger partial charge is 0.0864 e. The Hall–Kier alpha value is -2.38. The minimum atomic E-state index is -0.463. The van der Waals surface area contributed by atoms with Gasteiger partial charge >= 0.3 is 0 Å². The largest absolute Gasteiger partial charge is 0.314 e. The number of fused-ring (bicyclic) bond motifs is 3. The van der Waals surface area contributed by atoms with Crippen LogP contribution in [0.15, 0.2) is 84.0 Å². The maximum Gasteiger partial charge on any atom is 0.0864 e. The molecule has 0 saturated carbocycles. The normalized spacial score (nSPS) is 22.3. The van der Waals surface area contributed by atoms with E-state index in [0.29, 0.717) is 0 Å². The zero-order valence-electron chi connectivity index (χ0n) is 11.8. The van der Waals surface area contributed by atoms with Gasteiger partial charge in [0.2, 0.25) is 0 Å². The summed E-state index contributed by atoms with van der Waals surface area (Å²) in [5.74, 6) is 0. The molecule has 0 spiro atoms. The van der Waals surface area contributed by atoms with Crippen molar-refractivity contribution in [3.63, 3.8) is 0 Å². The highest BCUT2D eigenvalue weighted by molar-refractivity contribution is 5.76. The third kappa shape index (κ3) is 1.90. The van der Waals surface area contributed by atoms with E-state index in [9.17, 15) is 0 Å². The molecule has 2 aliphatic rings. The first-order chi connectivity index (χ1) is 10.3. The molecule has 1 heteroatoms. The van der Waals surface area contributed by atoms with Crippen LogP contribution in [0.3, 0.4) is 0 Å². The van der Waals surface area contributed by atoms with Crippen molar-refractivity contribution in [1.82, 2.24) is 0 Å². The molecule has 0 heterocycles. The Morgan fingerprint density at radius 1 is 0.905 bits per heavy atom. The SMILES string of the molecule is NC12C=CC=C(Cc3ccccc3)C1=Cc1ccccc12. The maximum absolute atomic E-state index is 6.72. The van der Waals surface area contributed by atoms with Gasteiger partial charge in [0, 0.05) is 0 Å². The van der Waals surface area contributed by atoms with Gasteiger partial charge in [-0.25, -0.2) is 0 Å². The van der Waals surface area contributed by atoms with Crippen molar-refractivity contribution >= 4 is 6.08 Å². The fourth-order valence-electron chi connectivity index (χ4n) is 3.33. The molecule has 0 fully saturated rings. The Bertz CT molecular complexity index is 780. The van der Waals surface area contributed by atoms with Crippen molar-refractivity contribution in [3.8, 4) is 0 Å². The van der Waals surface area contributed by atoms with Gasteiger partial charge in [-0.3, -0.25) is 0 Å². The molecule has 0 radical (unpaired) electrons. The zero-order chi connectivity index (χ0) is 14.3. The van der Waals surface area contributed by atoms with E-state index in [1.807, 2.05) is 0 Å². The number of allylic oxidation sites excluding steroid dienone is 2. The number of hydrogen-bond donors (Lipinski definition) is 1. The number of nitrogens with two attached hydrogens (primary N) is 1. The molecule has 102 valence electrons. The zero-order valence-corrected chi connectivity index (χ0v) is 11.8. The lowest BCUT2D eigenvalue weighted by Gasteiger charge is -2.30. The summed E-state index contributed by atoms with van der Waals surface area (Å²) in [4.78, 5) is 0. The number of rotatable bonds is 2. The molecule has 4 rings (SSSR count). The van der Waals surface area contributed by atoms with E-state index >= 15 is 0 Å². The average molecular weight is 271 g/mol. The van der Waals surface area contributed by atoms with E-state index in [2.05, 4.69) is 78.9 Å². The topological polar surface area (TPSA) is 26.0 Å². The van der Waals surface area contributed by atoms with Crippen molar-refractivity contribution in [2.75, 3.05) is 0 Å². The molecule has 1 unspecified atom stereocenters. The predicted octanol–water partition coefficient (Wildman–Crippen LogP) is 3.98. The molecule has 2 aromatic carbocycles. The summed E-state index contributed by atoms with van der Waals surface area (Å²) in [6, 6.07) is 19.0. The lowest BCUT2D eigenvalue weighted by atomic mass is 9.79. The first kappa shape index (κ1) is 12.4. The van der Waals surface area contributed by atoms with E-state index in [4.69, 9.17) is 5.73 Å². The molecule has 0 amide bonds. The third-order valence-electron chi connectivity index (χ3n) is 4.39. The van der Waals surface area contributed by atoms with Crippen LogP contribution in [0, 0.1) is 0 Å². The van der Waals surface area contributed by atoms with Gasteiger partial charge in [-0.05, 0) is 40.3 Å². The van der Waals surface area contributed by atoms with Crippen LogP contribution < -0.4 is 5.73 Å². The molecule has 2 aromatic rings. The summed E-state index contributed by atoms with van der Waals surface area (Å²) in [6.07, 6.45) is 9.56. The first-order valence-electron chi connectivity index (χ1n) is 7.31. The van der Waals surface area contributed by atoms with Gasteiger partial charge in [0.05, 0.1) is 5.54 Å². The molecular weight excluding hydrogens is 254 g/mol. The lowest BCUT2D eigenvalue weighted by molar-refractivity contribution is 0.676. The number of benzene rings is 2. The van der Waals surface area contributed by atoms with Gasteiger partial charge in [0.15, 0.2) is 0 Å². The third-order valence-corrected chi connectivity index (χ3v) is 4.39. The molecule has 0 bridgehead atoms. The first-order valence-corrected chi connectivity index (χ1v) is 7.31. The number of hydrogen-bond acceptors (Lipinski definition) is 1. The quantitative estimate of drug-likeness (QED) is 0.878. The second-order valence-electron chi connectivity index (χ2n) is 5.73. The maximum atomic E-state index is 6.72. The monoisotopic (exact) mass is 271 g/mol. The van der Waals surface area contributed by atoms with E-state index in [1.54, 1.807) is 0 Å². The van der Waals surface area contributed by atoms with E-state index in [-0.39, 0.29) is 0 Å². The molecule has 1 nitrogen and oxygen atoms in total. The Kier molecular flexibility index (Phi) is 2.69. The second-order valence-corrected chi connectivity index (χ2v) is 5.73. The predicted molar refractivity (Wildman–Crippen MR) is 87.7 cm³/mol. The molecule has 0 saturated heterocycles. The summed E-state index contributed by atoms with van der Waals surface area (Å²) in [6.45, 7) is 0. The van der Waals surface area contributed by atoms with Crippen molar-refractivity contribution < 1.29 is 0 Å². The van der Waals surface area contributed by atoms with Gasteiger partial charge in [0.1, 0.15) is 0 Å².